The van der Waals surface area contributed by atoms with Crippen LogP contribution in [0.3, 0.4) is 0 Å². The van der Waals surface area contributed by atoms with E-state index in [-0.39, 0.29) is 5.97 Å². The van der Waals surface area contributed by atoms with Gasteiger partial charge in [0.05, 0.1) is 12.3 Å². The minimum Gasteiger partial charge on any atom is -0.461 e. The molecule has 122 valence electrons. The highest BCUT2D eigenvalue weighted by atomic mass is 16.5. The van der Waals surface area contributed by atoms with Crippen molar-refractivity contribution in [1.82, 2.24) is 4.98 Å². The van der Waals surface area contributed by atoms with Gasteiger partial charge in [-0.05, 0) is 37.8 Å². The Kier molecular flexibility index (Phi) is 4.47. The van der Waals surface area contributed by atoms with Gasteiger partial charge in [-0.1, -0.05) is 36.4 Å². The van der Waals surface area contributed by atoms with Gasteiger partial charge in [0.15, 0.2) is 0 Å². The van der Waals surface area contributed by atoms with Crippen LogP contribution in [-0.4, -0.2) is 23.8 Å². The second-order valence-electron chi connectivity index (χ2n) is 5.64. The fourth-order valence-corrected chi connectivity index (χ4v) is 2.82. The van der Waals surface area contributed by atoms with Gasteiger partial charge in [0.1, 0.15) is 5.69 Å². The van der Waals surface area contributed by atoms with Crippen LogP contribution in [0.5, 0.6) is 0 Å². The molecule has 0 unspecified atom stereocenters. The number of esters is 1. The Bertz CT molecular complexity index is 917. The van der Waals surface area contributed by atoms with Crippen molar-refractivity contribution in [2.45, 2.75) is 20.8 Å². The molecule has 0 atom stereocenters. The number of aromatic nitrogens is 1. The summed E-state index contributed by atoms with van der Waals surface area (Å²) in [5, 5.41) is 2.26. The van der Waals surface area contributed by atoms with E-state index in [0.717, 1.165) is 33.3 Å². The summed E-state index contributed by atoms with van der Waals surface area (Å²) in [6.07, 6.45) is 1.81. The van der Waals surface area contributed by atoms with Crippen molar-refractivity contribution in [3.63, 3.8) is 0 Å². The lowest BCUT2D eigenvalue weighted by Gasteiger charge is -2.02. The van der Waals surface area contributed by atoms with Crippen molar-refractivity contribution in [2.75, 3.05) is 6.61 Å². The summed E-state index contributed by atoms with van der Waals surface area (Å²) in [6.45, 7) is 5.99. The largest absolute Gasteiger partial charge is 0.461 e. The summed E-state index contributed by atoms with van der Waals surface area (Å²) in [4.78, 5) is 19.7. The molecule has 24 heavy (non-hydrogen) atoms. The van der Waals surface area contributed by atoms with E-state index in [9.17, 15) is 4.79 Å². The molecule has 1 N–H and O–H groups in total. The molecule has 0 saturated heterocycles. The number of H-pyrrole nitrogens is 1. The molecule has 4 heteroatoms. The summed E-state index contributed by atoms with van der Waals surface area (Å²) in [6, 6.07) is 14.2. The molecule has 0 saturated carbocycles. The highest BCUT2D eigenvalue weighted by molar-refractivity contribution is 5.98. The van der Waals surface area contributed by atoms with E-state index >= 15 is 0 Å². The molecule has 3 rings (SSSR count). The molecule has 0 radical (unpaired) electrons. The van der Waals surface area contributed by atoms with E-state index < -0.39 is 0 Å². The summed E-state index contributed by atoms with van der Waals surface area (Å²) >= 11 is 0. The Hall–Kier alpha value is -2.88. The summed E-state index contributed by atoms with van der Waals surface area (Å²) in [5.74, 6) is -0.331. The Balaban J connectivity index is 1.99. The predicted molar refractivity (Wildman–Crippen MR) is 97.4 cm³/mol. The maximum atomic E-state index is 12.0. The third-order valence-corrected chi connectivity index (χ3v) is 4.07. The first-order chi connectivity index (χ1) is 11.6. The fraction of sp³-hybridized carbons (Fsp3) is 0.200. The van der Waals surface area contributed by atoms with Gasteiger partial charge in [-0.2, -0.15) is 0 Å². The zero-order valence-corrected chi connectivity index (χ0v) is 14.1. The van der Waals surface area contributed by atoms with E-state index in [1.807, 2.05) is 44.3 Å². The average Bonchev–Trinajstić information content (AvgIpc) is 2.87. The SMILES string of the molecule is CCOC(=O)c1[nH]c(C)c(C=Nc2cccc3ccccc23)c1C. The molecule has 0 aliphatic carbocycles. The number of fused-ring (bicyclic) bond motifs is 1. The third-order valence-electron chi connectivity index (χ3n) is 4.07. The predicted octanol–water partition coefficient (Wildman–Crippen LogP) is 4.71. The topological polar surface area (TPSA) is 54.5 Å². The lowest BCUT2D eigenvalue weighted by atomic mass is 10.1. The van der Waals surface area contributed by atoms with Crippen molar-refractivity contribution in [2.24, 2.45) is 4.99 Å². The third kappa shape index (κ3) is 2.95. The first kappa shape index (κ1) is 16.0. The number of aromatic amines is 1. The van der Waals surface area contributed by atoms with Gasteiger partial charge in [-0.25, -0.2) is 4.79 Å². The lowest BCUT2D eigenvalue weighted by Crippen LogP contribution is -2.06. The zero-order valence-electron chi connectivity index (χ0n) is 14.1. The Morgan fingerprint density at radius 2 is 1.92 bits per heavy atom. The van der Waals surface area contributed by atoms with E-state index in [1.165, 1.54) is 0 Å². The van der Waals surface area contributed by atoms with Crippen LogP contribution < -0.4 is 0 Å². The molecule has 0 spiro atoms. The Labute approximate surface area is 141 Å². The number of hydrogen-bond acceptors (Lipinski definition) is 3. The van der Waals surface area contributed by atoms with Crippen molar-refractivity contribution < 1.29 is 9.53 Å². The van der Waals surface area contributed by atoms with Crippen LogP contribution in [0.1, 0.15) is 34.2 Å². The highest BCUT2D eigenvalue weighted by Gasteiger charge is 2.17. The molecule has 0 aliphatic rings. The van der Waals surface area contributed by atoms with E-state index in [4.69, 9.17) is 4.74 Å². The van der Waals surface area contributed by atoms with Gasteiger partial charge >= 0.3 is 5.97 Å². The summed E-state index contributed by atoms with van der Waals surface area (Å²) < 4.78 is 5.08. The van der Waals surface area contributed by atoms with E-state index in [1.54, 1.807) is 6.92 Å². The smallest absolute Gasteiger partial charge is 0.355 e. The van der Waals surface area contributed by atoms with Crippen molar-refractivity contribution in [3.05, 3.63) is 65.0 Å². The zero-order chi connectivity index (χ0) is 17.1. The standard InChI is InChI=1S/C20H20N2O2/c1-4-24-20(23)19-13(2)17(14(3)22-19)12-21-18-11-7-9-15-8-5-6-10-16(15)18/h5-12,22H,4H2,1-3H3. The van der Waals surface area contributed by atoms with Gasteiger partial charge in [-0.15, -0.1) is 0 Å². The van der Waals surface area contributed by atoms with Crippen LogP contribution in [0.15, 0.2) is 47.5 Å². The van der Waals surface area contributed by atoms with Crippen LogP contribution >= 0.6 is 0 Å². The monoisotopic (exact) mass is 320 g/mol. The number of aryl methyl sites for hydroxylation is 1. The number of carbonyl (C=O) groups is 1. The highest BCUT2D eigenvalue weighted by Crippen LogP contribution is 2.26. The molecular formula is C20H20N2O2. The van der Waals surface area contributed by atoms with Crippen molar-refractivity contribution in [3.8, 4) is 0 Å². The molecule has 0 bridgehead atoms. The van der Waals surface area contributed by atoms with Crippen LogP contribution in [0, 0.1) is 13.8 Å². The van der Waals surface area contributed by atoms with E-state index in [2.05, 4.69) is 28.2 Å². The summed E-state index contributed by atoms with van der Waals surface area (Å²) in [7, 11) is 0. The second-order valence-corrected chi connectivity index (χ2v) is 5.64. The molecular weight excluding hydrogens is 300 g/mol. The first-order valence-electron chi connectivity index (χ1n) is 8.00. The van der Waals surface area contributed by atoms with E-state index in [0.29, 0.717) is 12.3 Å². The molecule has 1 heterocycles. The first-order valence-corrected chi connectivity index (χ1v) is 8.00. The number of carbonyl (C=O) groups excluding carboxylic acids is 1. The molecule has 1 aromatic heterocycles. The second kappa shape index (κ2) is 6.71. The van der Waals surface area contributed by atoms with Gasteiger partial charge in [0, 0.05) is 22.9 Å². The van der Waals surface area contributed by atoms with Crippen LogP contribution in [0.25, 0.3) is 10.8 Å². The maximum Gasteiger partial charge on any atom is 0.355 e. The van der Waals surface area contributed by atoms with Gasteiger partial charge in [-0.3, -0.25) is 4.99 Å². The maximum absolute atomic E-state index is 12.0. The van der Waals surface area contributed by atoms with Gasteiger partial charge in [0.2, 0.25) is 0 Å². The number of benzene rings is 2. The molecule has 4 nitrogen and oxygen atoms in total. The quantitative estimate of drug-likeness (QED) is 0.559. The molecule has 2 aromatic carbocycles. The minimum atomic E-state index is -0.331. The van der Waals surface area contributed by atoms with Crippen molar-refractivity contribution in [1.29, 1.82) is 0 Å². The molecule has 0 aliphatic heterocycles. The Morgan fingerprint density at radius 1 is 1.17 bits per heavy atom. The van der Waals surface area contributed by atoms with Crippen LogP contribution in [0.4, 0.5) is 5.69 Å². The fourth-order valence-electron chi connectivity index (χ4n) is 2.82. The lowest BCUT2D eigenvalue weighted by molar-refractivity contribution is 0.0519. The number of hydrogen-bond donors (Lipinski definition) is 1. The van der Waals surface area contributed by atoms with Crippen molar-refractivity contribution >= 4 is 28.6 Å². The van der Waals surface area contributed by atoms with Gasteiger partial charge < -0.3 is 9.72 Å². The summed E-state index contributed by atoms with van der Waals surface area (Å²) in [5.41, 5.74) is 4.08. The average molecular weight is 320 g/mol. The molecule has 0 fully saturated rings. The van der Waals surface area contributed by atoms with Gasteiger partial charge in [0.25, 0.3) is 0 Å². The normalized spacial score (nSPS) is 11.3. The van der Waals surface area contributed by atoms with Crippen LogP contribution in [0.2, 0.25) is 0 Å². The Morgan fingerprint density at radius 3 is 2.71 bits per heavy atom. The number of rotatable bonds is 4. The number of nitrogens with one attached hydrogen (secondary N) is 1. The number of aliphatic imine (C=N–C) groups is 1. The van der Waals surface area contributed by atoms with Crippen LogP contribution in [-0.2, 0) is 4.74 Å². The number of ether oxygens (including phenoxy) is 1. The minimum absolute atomic E-state index is 0.331. The number of nitrogens with zero attached hydrogens (tertiary/aromatic N) is 1. The molecule has 3 aromatic rings. The molecule has 0 amide bonds.